The molecule has 0 atom stereocenters. The Morgan fingerprint density at radius 1 is 1.18 bits per heavy atom. The predicted molar refractivity (Wildman–Crippen MR) is 113 cm³/mol. The Bertz CT molecular complexity index is 1070. The van der Waals surface area contributed by atoms with Gasteiger partial charge in [0.05, 0.1) is 22.5 Å². The molecule has 0 aliphatic heterocycles. The number of thiazole rings is 1. The van der Waals surface area contributed by atoms with Crippen LogP contribution in [0.25, 0.3) is 15.9 Å². The van der Waals surface area contributed by atoms with Gasteiger partial charge < -0.3 is 4.90 Å². The van der Waals surface area contributed by atoms with Crippen LogP contribution < -0.4 is 0 Å². The fourth-order valence-electron chi connectivity index (χ4n) is 2.72. The number of benzene rings is 2. The van der Waals surface area contributed by atoms with Crippen LogP contribution in [0.1, 0.15) is 10.6 Å². The van der Waals surface area contributed by atoms with E-state index in [0.29, 0.717) is 17.5 Å². The summed E-state index contributed by atoms with van der Waals surface area (Å²) < 4.78 is 3.03. The number of rotatable bonds is 6. The quantitative estimate of drug-likeness (QED) is 0.452. The van der Waals surface area contributed by atoms with E-state index in [1.807, 2.05) is 60.0 Å². The molecule has 0 saturated heterocycles. The summed E-state index contributed by atoms with van der Waals surface area (Å²) >= 11 is 3.01. The molecule has 4 rings (SSSR count). The molecule has 1 amide bonds. The third kappa shape index (κ3) is 4.07. The van der Waals surface area contributed by atoms with Crippen molar-refractivity contribution < 1.29 is 4.79 Å². The minimum Gasteiger partial charge on any atom is -0.338 e. The highest BCUT2D eigenvalue weighted by atomic mass is 32.2. The molecule has 4 aromatic rings. The summed E-state index contributed by atoms with van der Waals surface area (Å²) in [4.78, 5) is 18.9. The van der Waals surface area contributed by atoms with Gasteiger partial charge in [0.1, 0.15) is 11.3 Å². The lowest BCUT2D eigenvalue weighted by Gasteiger charge is -2.15. The van der Waals surface area contributed by atoms with Crippen molar-refractivity contribution in [3.05, 3.63) is 65.4 Å². The average Bonchev–Trinajstić information content (AvgIpc) is 3.32. The summed E-state index contributed by atoms with van der Waals surface area (Å²) in [6, 6.07) is 16.1. The topological polar surface area (TPSA) is 63.9 Å². The molecule has 0 aliphatic carbocycles. The number of hydrogen-bond acceptors (Lipinski definition) is 6. The molecular formula is C20H19N5OS2. The van der Waals surface area contributed by atoms with Crippen LogP contribution in [-0.4, -0.2) is 43.4 Å². The molecule has 0 aliphatic rings. The molecule has 2 aromatic carbocycles. The molecule has 142 valence electrons. The molecule has 0 fully saturated rings. The van der Waals surface area contributed by atoms with Gasteiger partial charge in [0.15, 0.2) is 5.16 Å². The van der Waals surface area contributed by atoms with Crippen molar-refractivity contribution in [3.8, 4) is 5.69 Å². The van der Waals surface area contributed by atoms with Crippen molar-refractivity contribution in [1.82, 2.24) is 24.6 Å². The van der Waals surface area contributed by atoms with Crippen molar-refractivity contribution in [1.29, 1.82) is 0 Å². The maximum atomic E-state index is 12.6. The second kappa shape index (κ2) is 8.12. The number of amides is 1. The number of aryl methyl sites for hydroxylation is 1. The Kier molecular flexibility index (Phi) is 5.40. The van der Waals surface area contributed by atoms with Crippen LogP contribution in [0.2, 0.25) is 0 Å². The highest BCUT2D eigenvalue weighted by Gasteiger charge is 2.15. The van der Waals surface area contributed by atoms with Crippen LogP contribution in [0.5, 0.6) is 0 Å². The average molecular weight is 410 g/mol. The van der Waals surface area contributed by atoms with Gasteiger partial charge in [0, 0.05) is 12.7 Å². The SMILES string of the molecule is Cc1ccc(-n2cnnc2SCC(=O)N(C)Cc2nc3ccccc3s2)cc1. The van der Waals surface area contributed by atoms with E-state index >= 15 is 0 Å². The molecule has 0 radical (unpaired) electrons. The Hall–Kier alpha value is -2.71. The first-order valence-corrected chi connectivity index (χ1v) is 10.6. The zero-order valence-corrected chi connectivity index (χ0v) is 17.2. The molecule has 0 spiro atoms. The molecule has 2 heterocycles. The lowest BCUT2D eigenvalue weighted by Crippen LogP contribution is -2.27. The highest BCUT2D eigenvalue weighted by Crippen LogP contribution is 2.23. The lowest BCUT2D eigenvalue weighted by molar-refractivity contribution is -0.127. The Labute approximate surface area is 171 Å². The number of nitrogens with zero attached hydrogens (tertiary/aromatic N) is 5. The van der Waals surface area contributed by atoms with Crippen LogP contribution in [0.15, 0.2) is 60.0 Å². The molecular weight excluding hydrogens is 390 g/mol. The minimum atomic E-state index is 0.0303. The minimum absolute atomic E-state index is 0.0303. The summed E-state index contributed by atoms with van der Waals surface area (Å²) in [6.07, 6.45) is 1.67. The fourth-order valence-corrected chi connectivity index (χ4v) is 4.61. The van der Waals surface area contributed by atoms with E-state index in [1.165, 1.54) is 17.3 Å². The number of carbonyl (C=O) groups is 1. The Morgan fingerprint density at radius 3 is 2.75 bits per heavy atom. The molecule has 6 nitrogen and oxygen atoms in total. The first kappa shape index (κ1) is 18.6. The van der Waals surface area contributed by atoms with Gasteiger partial charge in [-0.3, -0.25) is 9.36 Å². The third-order valence-corrected chi connectivity index (χ3v) is 6.24. The normalized spacial score (nSPS) is 11.1. The fraction of sp³-hybridized carbons (Fsp3) is 0.200. The molecule has 0 bridgehead atoms. The summed E-state index contributed by atoms with van der Waals surface area (Å²) in [5, 5.41) is 9.78. The maximum Gasteiger partial charge on any atom is 0.233 e. The zero-order chi connectivity index (χ0) is 19.5. The largest absolute Gasteiger partial charge is 0.338 e. The molecule has 2 aromatic heterocycles. The number of carbonyl (C=O) groups excluding carboxylic acids is 1. The van der Waals surface area contributed by atoms with Crippen LogP contribution in [0.3, 0.4) is 0 Å². The number of fused-ring (bicyclic) bond motifs is 1. The number of hydrogen-bond donors (Lipinski definition) is 0. The second-order valence-electron chi connectivity index (χ2n) is 6.43. The van der Waals surface area contributed by atoms with E-state index in [-0.39, 0.29) is 5.91 Å². The van der Waals surface area contributed by atoms with Crippen LogP contribution >= 0.6 is 23.1 Å². The monoisotopic (exact) mass is 409 g/mol. The van der Waals surface area contributed by atoms with Gasteiger partial charge in [0.25, 0.3) is 0 Å². The van der Waals surface area contributed by atoms with E-state index in [4.69, 9.17) is 0 Å². The Morgan fingerprint density at radius 2 is 1.96 bits per heavy atom. The van der Waals surface area contributed by atoms with E-state index in [9.17, 15) is 4.79 Å². The van der Waals surface area contributed by atoms with Crippen LogP contribution in [0, 0.1) is 6.92 Å². The molecule has 0 unspecified atom stereocenters. The number of thioether (sulfide) groups is 1. The number of para-hydroxylation sites is 1. The van der Waals surface area contributed by atoms with Crippen molar-refractivity contribution in [2.24, 2.45) is 0 Å². The predicted octanol–water partition coefficient (Wildman–Crippen LogP) is 3.94. The van der Waals surface area contributed by atoms with Crippen LogP contribution in [0.4, 0.5) is 0 Å². The van der Waals surface area contributed by atoms with E-state index in [1.54, 1.807) is 29.6 Å². The van der Waals surface area contributed by atoms with Gasteiger partial charge in [0.2, 0.25) is 5.91 Å². The van der Waals surface area contributed by atoms with Crippen molar-refractivity contribution >= 4 is 39.2 Å². The lowest BCUT2D eigenvalue weighted by atomic mass is 10.2. The number of aromatic nitrogens is 4. The van der Waals surface area contributed by atoms with Crippen molar-refractivity contribution in [2.75, 3.05) is 12.8 Å². The van der Waals surface area contributed by atoms with Gasteiger partial charge in [-0.1, -0.05) is 41.6 Å². The van der Waals surface area contributed by atoms with Gasteiger partial charge in [-0.2, -0.15) is 0 Å². The molecule has 28 heavy (non-hydrogen) atoms. The van der Waals surface area contributed by atoms with Gasteiger partial charge in [-0.05, 0) is 31.2 Å². The summed E-state index contributed by atoms with van der Waals surface area (Å²) in [5.74, 6) is 0.328. The third-order valence-electron chi connectivity index (χ3n) is 4.29. The second-order valence-corrected chi connectivity index (χ2v) is 8.49. The van der Waals surface area contributed by atoms with E-state index < -0.39 is 0 Å². The smallest absolute Gasteiger partial charge is 0.233 e. The first-order chi connectivity index (χ1) is 13.6. The molecule has 8 heteroatoms. The molecule has 0 saturated carbocycles. The molecule has 0 N–H and O–H groups in total. The zero-order valence-electron chi connectivity index (χ0n) is 15.6. The van der Waals surface area contributed by atoms with Gasteiger partial charge >= 0.3 is 0 Å². The summed E-state index contributed by atoms with van der Waals surface area (Å²) in [5.41, 5.74) is 3.15. The van der Waals surface area contributed by atoms with Gasteiger partial charge in [-0.15, -0.1) is 21.5 Å². The van der Waals surface area contributed by atoms with Crippen LogP contribution in [-0.2, 0) is 11.3 Å². The van der Waals surface area contributed by atoms with Crippen molar-refractivity contribution in [3.63, 3.8) is 0 Å². The first-order valence-electron chi connectivity index (χ1n) is 8.78. The standard InChI is InChI=1S/C20H19N5OS2/c1-14-7-9-15(10-8-14)25-13-21-23-20(25)27-12-19(26)24(2)11-18-22-16-5-3-4-6-17(16)28-18/h3-10,13H,11-12H2,1-2H3. The van der Waals surface area contributed by atoms with Crippen molar-refractivity contribution in [2.45, 2.75) is 18.6 Å². The van der Waals surface area contributed by atoms with E-state index in [0.717, 1.165) is 20.9 Å². The van der Waals surface area contributed by atoms with Gasteiger partial charge in [-0.25, -0.2) is 4.98 Å². The van der Waals surface area contributed by atoms with E-state index in [2.05, 4.69) is 15.2 Å². The highest BCUT2D eigenvalue weighted by molar-refractivity contribution is 7.99. The maximum absolute atomic E-state index is 12.6. The Balaban J connectivity index is 1.39. The summed E-state index contributed by atoms with van der Waals surface area (Å²) in [7, 11) is 1.81. The summed E-state index contributed by atoms with van der Waals surface area (Å²) in [6.45, 7) is 2.55.